The van der Waals surface area contributed by atoms with Crippen molar-refractivity contribution in [2.75, 3.05) is 11.9 Å². The zero-order chi connectivity index (χ0) is 20.2. The third kappa shape index (κ3) is 5.16. The van der Waals surface area contributed by atoms with E-state index in [1.54, 1.807) is 30.3 Å². The Labute approximate surface area is 180 Å². The molecule has 146 valence electrons. The zero-order valence-corrected chi connectivity index (χ0v) is 17.5. The van der Waals surface area contributed by atoms with Crippen LogP contribution < -0.4 is 10.1 Å². The molecular formula is C22H16BrClN2O3. The first-order chi connectivity index (χ1) is 14.0. The predicted octanol–water partition coefficient (Wildman–Crippen LogP) is 5.85. The number of halogens is 2. The Morgan fingerprint density at radius 3 is 2.59 bits per heavy atom. The number of hydrogen-bond acceptors (Lipinski definition) is 4. The maximum Gasteiger partial charge on any atom is 0.262 e. The number of hydrogen-bond donors (Lipinski definition) is 1. The molecule has 4 aromatic rings. The number of ether oxygens (including phenoxy) is 1. The van der Waals surface area contributed by atoms with Gasteiger partial charge in [0.25, 0.3) is 5.91 Å². The summed E-state index contributed by atoms with van der Waals surface area (Å²) >= 11 is 9.28. The molecule has 1 N–H and O–H groups in total. The standard InChI is InChI=1S/C22H16BrClN2O3/c23-15-3-8-18(9-4-15)28-13-21(27)25-17-7-10-20-19(12-17)26-22(29-20)11-14-1-5-16(24)6-2-14/h1-10,12H,11,13H2,(H,25,27). The molecule has 0 saturated heterocycles. The van der Waals surface area contributed by atoms with Gasteiger partial charge in [0.15, 0.2) is 18.1 Å². The van der Waals surface area contributed by atoms with Gasteiger partial charge in [-0.15, -0.1) is 0 Å². The third-order valence-electron chi connectivity index (χ3n) is 4.17. The van der Waals surface area contributed by atoms with E-state index in [2.05, 4.69) is 26.2 Å². The molecule has 0 bridgehead atoms. The van der Waals surface area contributed by atoms with E-state index in [1.165, 1.54) is 0 Å². The fourth-order valence-electron chi connectivity index (χ4n) is 2.78. The summed E-state index contributed by atoms with van der Waals surface area (Å²) < 4.78 is 12.2. The van der Waals surface area contributed by atoms with Crippen molar-refractivity contribution in [1.29, 1.82) is 0 Å². The number of rotatable bonds is 6. The number of aromatic nitrogens is 1. The first kappa shape index (κ1) is 19.5. The SMILES string of the molecule is O=C(COc1ccc(Br)cc1)Nc1ccc2oc(Cc3ccc(Cl)cc3)nc2c1. The molecule has 1 amide bonds. The van der Waals surface area contributed by atoms with Gasteiger partial charge in [-0.3, -0.25) is 4.79 Å². The van der Waals surface area contributed by atoms with E-state index in [-0.39, 0.29) is 12.5 Å². The molecule has 0 saturated carbocycles. The summed E-state index contributed by atoms with van der Waals surface area (Å²) in [6.45, 7) is -0.0830. The number of anilines is 1. The van der Waals surface area contributed by atoms with Gasteiger partial charge in [-0.1, -0.05) is 39.7 Å². The van der Waals surface area contributed by atoms with Crippen LogP contribution >= 0.6 is 27.5 Å². The molecule has 1 heterocycles. The van der Waals surface area contributed by atoms with Crippen molar-refractivity contribution in [3.05, 3.63) is 87.7 Å². The Morgan fingerprint density at radius 1 is 1.07 bits per heavy atom. The highest BCUT2D eigenvalue weighted by atomic mass is 79.9. The predicted molar refractivity (Wildman–Crippen MR) is 117 cm³/mol. The lowest BCUT2D eigenvalue weighted by Crippen LogP contribution is -2.20. The number of carbonyl (C=O) groups excluding carboxylic acids is 1. The highest BCUT2D eigenvalue weighted by Gasteiger charge is 2.10. The van der Waals surface area contributed by atoms with Crippen LogP contribution in [0.5, 0.6) is 5.75 Å². The zero-order valence-electron chi connectivity index (χ0n) is 15.2. The second kappa shape index (κ2) is 8.68. The first-order valence-electron chi connectivity index (χ1n) is 8.87. The molecule has 29 heavy (non-hydrogen) atoms. The molecule has 0 unspecified atom stereocenters. The Bertz CT molecular complexity index is 1140. The molecule has 7 heteroatoms. The van der Waals surface area contributed by atoms with Gasteiger partial charge >= 0.3 is 0 Å². The summed E-state index contributed by atoms with van der Waals surface area (Å²) in [5.74, 6) is 0.976. The Morgan fingerprint density at radius 2 is 1.83 bits per heavy atom. The number of nitrogens with one attached hydrogen (secondary N) is 1. The van der Waals surface area contributed by atoms with Gasteiger partial charge in [-0.25, -0.2) is 4.98 Å². The topological polar surface area (TPSA) is 64.4 Å². The van der Waals surface area contributed by atoms with Crippen LogP contribution in [0.4, 0.5) is 5.69 Å². The van der Waals surface area contributed by atoms with Crippen LogP contribution in [0.25, 0.3) is 11.1 Å². The van der Waals surface area contributed by atoms with Crippen molar-refractivity contribution in [1.82, 2.24) is 4.98 Å². The Balaban J connectivity index is 1.39. The van der Waals surface area contributed by atoms with Gasteiger partial charge in [0, 0.05) is 21.6 Å². The highest BCUT2D eigenvalue weighted by Crippen LogP contribution is 2.22. The summed E-state index contributed by atoms with van der Waals surface area (Å²) in [6, 6.07) is 20.2. The van der Waals surface area contributed by atoms with Gasteiger partial charge in [0.1, 0.15) is 11.3 Å². The quantitative estimate of drug-likeness (QED) is 0.383. The smallest absolute Gasteiger partial charge is 0.262 e. The van der Waals surface area contributed by atoms with Crippen molar-refractivity contribution < 1.29 is 13.9 Å². The molecular weight excluding hydrogens is 456 g/mol. The van der Waals surface area contributed by atoms with E-state index in [1.807, 2.05) is 36.4 Å². The Kier molecular flexibility index (Phi) is 5.83. The van der Waals surface area contributed by atoms with Crippen LogP contribution in [-0.4, -0.2) is 17.5 Å². The third-order valence-corrected chi connectivity index (χ3v) is 4.95. The molecule has 4 rings (SSSR count). The Hall–Kier alpha value is -2.83. The average Bonchev–Trinajstić information content (AvgIpc) is 3.11. The van der Waals surface area contributed by atoms with Crippen LogP contribution in [0.2, 0.25) is 5.02 Å². The highest BCUT2D eigenvalue weighted by molar-refractivity contribution is 9.10. The lowest BCUT2D eigenvalue weighted by Gasteiger charge is -2.07. The van der Waals surface area contributed by atoms with Crippen molar-refractivity contribution in [2.45, 2.75) is 6.42 Å². The second-order valence-corrected chi connectivity index (χ2v) is 7.74. The molecule has 0 radical (unpaired) electrons. The van der Waals surface area contributed by atoms with Crippen molar-refractivity contribution in [3.63, 3.8) is 0 Å². The molecule has 5 nitrogen and oxygen atoms in total. The van der Waals surface area contributed by atoms with E-state index in [0.29, 0.717) is 39.9 Å². The molecule has 0 fully saturated rings. The van der Waals surface area contributed by atoms with Gasteiger partial charge in [0.2, 0.25) is 0 Å². The summed E-state index contributed by atoms with van der Waals surface area (Å²) in [5.41, 5.74) is 3.03. The van der Waals surface area contributed by atoms with Gasteiger partial charge in [0.05, 0.1) is 0 Å². The minimum Gasteiger partial charge on any atom is -0.484 e. The van der Waals surface area contributed by atoms with Crippen LogP contribution in [-0.2, 0) is 11.2 Å². The molecule has 0 aliphatic carbocycles. The van der Waals surface area contributed by atoms with E-state index in [4.69, 9.17) is 20.8 Å². The van der Waals surface area contributed by atoms with Crippen molar-refractivity contribution in [3.8, 4) is 5.75 Å². The molecule has 0 spiro atoms. The number of carbonyl (C=O) groups is 1. The summed E-state index contributed by atoms with van der Waals surface area (Å²) in [4.78, 5) is 16.7. The average molecular weight is 472 g/mol. The van der Waals surface area contributed by atoms with Gasteiger partial charge in [-0.2, -0.15) is 0 Å². The van der Waals surface area contributed by atoms with E-state index < -0.39 is 0 Å². The lowest BCUT2D eigenvalue weighted by atomic mass is 10.1. The molecule has 3 aromatic carbocycles. The van der Waals surface area contributed by atoms with E-state index in [0.717, 1.165) is 10.0 Å². The minimum absolute atomic E-state index is 0.0830. The van der Waals surface area contributed by atoms with E-state index >= 15 is 0 Å². The number of nitrogens with zero attached hydrogens (tertiary/aromatic N) is 1. The van der Waals surface area contributed by atoms with Crippen LogP contribution in [0, 0.1) is 0 Å². The van der Waals surface area contributed by atoms with Gasteiger partial charge < -0.3 is 14.5 Å². The number of amides is 1. The summed E-state index contributed by atoms with van der Waals surface area (Å²) in [7, 11) is 0. The summed E-state index contributed by atoms with van der Waals surface area (Å²) in [6.07, 6.45) is 0.564. The number of oxazole rings is 1. The van der Waals surface area contributed by atoms with E-state index in [9.17, 15) is 4.79 Å². The maximum atomic E-state index is 12.2. The second-order valence-electron chi connectivity index (χ2n) is 6.38. The normalized spacial score (nSPS) is 10.8. The van der Waals surface area contributed by atoms with Crippen molar-refractivity contribution >= 4 is 50.2 Å². The minimum atomic E-state index is -0.253. The first-order valence-corrected chi connectivity index (χ1v) is 10.0. The fraction of sp³-hybridized carbons (Fsp3) is 0.0909. The van der Waals surface area contributed by atoms with Crippen LogP contribution in [0.3, 0.4) is 0 Å². The number of benzene rings is 3. The molecule has 1 aromatic heterocycles. The molecule has 0 aliphatic rings. The fourth-order valence-corrected chi connectivity index (χ4v) is 3.17. The van der Waals surface area contributed by atoms with Crippen LogP contribution in [0.1, 0.15) is 11.5 Å². The molecule has 0 atom stereocenters. The maximum absolute atomic E-state index is 12.2. The number of fused-ring (bicyclic) bond motifs is 1. The van der Waals surface area contributed by atoms with Crippen LogP contribution in [0.15, 0.2) is 75.6 Å². The molecule has 0 aliphatic heterocycles. The summed E-state index contributed by atoms with van der Waals surface area (Å²) in [5, 5.41) is 3.50. The lowest BCUT2D eigenvalue weighted by molar-refractivity contribution is -0.118. The monoisotopic (exact) mass is 470 g/mol. The van der Waals surface area contributed by atoms with Gasteiger partial charge in [-0.05, 0) is 60.2 Å². The largest absolute Gasteiger partial charge is 0.484 e. The van der Waals surface area contributed by atoms with Crippen molar-refractivity contribution in [2.24, 2.45) is 0 Å².